The van der Waals surface area contributed by atoms with Crippen molar-refractivity contribution in [3.05, 3.63) is 34.9 Å². The molecule has 0 aliphatic rings. The molecule has 1 N–H and O–H groups in total. The zero-order valence-electron chi connectivity index (χ0n) is 15.4. The highest BCUT2D eigenvalue weighted by atomic mass is 19.3. The maximum absolute atomic E-state index is 13.4. The maximum atomic E-state index is 13.4. The number of hydrogen-bond donors (Lipinski definition) is 1. The van der Waals surface area contributed by atoms with E-state index in [0.29, 0.717) is 24.0 Å². The molecule has 0 fully saturated rings. The van der Waals surface area contributed by atoms with Gasteiger partial charge in [-0.2, -0.15) is 10.2 Å². The number of carbonyl (C=O) groups excluding carboxylic acids is 1. The molecule has 0 radical (unpaired) electrons. The molecular weight excluding hydrogens is 380 g/mol. The topological polar surface area (TPSA) is 77.6 Å². The summed E-state index contributed by atoms with van der Waals surface area (Å²) < 4.78 is 55.6. The molecule has 3 aromatic rings. The van der Waals surface area contributed by atoms with Gasteiger partial charge in [0.05, 0.1) is 22.5 Å². The fraction of sp³-hybridized carbons (Fsp3) is 0.412. The highest BCUT2D eigenvalue weighted by molar-refractivity contribution is 5.92. The van der Waals surface area contributed by atoms with Gasteiger partial charge in [-0.15, -0.1) is 0 Å². The summed E-state index contributed by atoms with van der Waals surface area (Å²) in [5.41, 5.74) is -0.263. The van der Waals surface area contributed by atoms with Gasteiger partial charge in [0.15, 0.2) is 5.65 Å². The number of fused-ring (bicyclic) bond motifs is 1. The van der Waals surface area contributed by atoms with Gasteiger partial charge >= 0.3 is 0 Å². The van der Waals surface area contributed by atoms with Gasteiger partial charge in [-0.1, -0.05) is 0 Å². The number of pyridine rings is 1. The van der Waals surface area contributed by atoms with Crippen molar-refractivity contribution in [1.29, 1.82) is 0 Å². The predicted octanol–water partition coefficient (Wildman–Crippen LogP) is 3.78. The summed E-state index contributed by atoms with van der Waals surface area (Å²) in [6.45, 7) is 5.33. The quantitative estimate of drug-likeness (QED) is 0.641. The van der Waals surface area contributed by atoms with Crippen LogP contribution in [0.4, 0.5) is 23.2 Å². The first-order chi connectivity index (χ1) is 13.2. The second-order valence-corrected chi connectivity index (χ2v) is 6.21. The van der Waals surface area contributed by atoms with Crippen molar-refractivity contribution in [2.24, 2.45) is 0 Å². The van der Waals surface area contributed by atoms with Crippen LogP contribution in [-0.4, -0.2) is 30.5 Å². The Labute approximate surface area is 157 Å². The molecule has 3 heterocycles. The SMILES string of the molecule is CCn1cc(NC(=O)Cn2nc(C)c3c(C(F)F)cc(C(F)F)nc32)c(C)n1. The molecule has 0 aliphatic carbocycles. The van der Waals surface area contributed by atoms with Crippen LogP contribution in [0.3, 0.4) is 0 Å². The molecule has 0 spiro atoms. The van der Waals surface area contributed by atoms with E-state index in [4.69, 9.17) is 0 Å². The molecule has 0 atom stereocenters. The molecule has 0 bridgehead atoms. The van der Waals surface area contributed by atoms with Crippen LogP contribution in [-0.2, 0) is 17.9 Å². The average Bonchev–Trinajstić information content (AvgIpc) is 3.14. The van der Waals surface area contributed by atoms with Crippen LogP contribution in [0.1, 0.15) is 42.4 Å². The van der Waals surface area contributed by atoms with Crippen molar-refractivity contribution in [2.45, 2.75) is 46.7 Å². The lowest BCUT2D eigenvalue weighted by Crippen LogP contribution is -2.20. The fourth-order valence-electron chi connectivity index (χ4n) is 2.93. The van der Waals surface area contributed by atoms with Gasteiger partial charge in [0.25, 0.3) is 12.9 Å². The number of nitrogens with zero attached hydrogens (tertiary/aromatic N) is 5. The number of aryl methyl sites for hydroxylation is 3. The first-order valence-electron chi connectivity index (χ1n) is 8.49. The summed E-state index contributed by atoms with van der Waals surface area (Å²) in [7, 11) is 0. The molecular formula is C17H18F4N6O. The molecule has 11 heteroatoms. The first kappa shape index (κ1) is 19.8. The number of amides is 1. The number of alkyl halides is 4. The Hall–Kier alpha value is -2.98. The smallest absolute Gasteiger partial charge is 0.280 e. The maximum Gasteiger partial charge on any atom is 0.280 e. The van der Waals surface area contributed by atoms with E-state index in [9.17, 15) is 22.4 Å². The fourth-order valence-corrected chi connectivity index (χ4v) is 2.93. The second kappa shape index (κ2) is 7.56. The Kier molecular flexibility index (Phi) is 5.34. The minimum absolute atomic E-state index is 0.0258. The van der Waals surface area contributed by atoms with Gasteiger partial charge in [-0.05, 0) is 26.8 Å². The summed E-state index contributed by atoms with van der Waals surface area (Å²) in [5, 5.41) is 10.9. The van der Waals surface area contributed by atoms with Crippen LogP contribution in [0, 0.1) is 13.8 Å². The van der Waals surface area contributed by atoms with Gasteiger partial charge in [-0.3, -0.25) is 9.48 Å². The zero-order valence-corrected chi connectivity index (χ0v) is 15.4. The number of hydrogen-bond acceptors (Lipinski definition) is 4. The summed E-state index contributed by atoms with van der Waals surface area (Å²) in [4.78, 5) is 16.1. The Bertz CT molecular complexity index is 1030. The summed E-state index contributed by atoms with van der Waals surface area (Å²) in [6.07, 6.45) is -4.35. The summed E-state index contributed by atoms with van der Waals surface area (Å²) in [6, 6.07) is 0.680. The Morgan fingerprint density at radius 2 is 1.86 bits per heavy atom. The number of aromatic nitrogens is 5. The third-order valence-electron chi connectivity index (χ3n) is 4.22. The third kappa shape index (κ3) is 3.69. The monoisotopic (exact) mass is 398 g/mol. The van der Waals surface area contributed by atoms with E-state index in [-0.39, 0.29) is 23.3 Å². The minimum atomic E-state index is -3.03. The van der Waals surface area contributed by atoms with E-state index >= 15 is 0 Å². The highest BCUT2D eigenvalue weighted by Gasteiger charge is 2.24. The largest absolute Gasteiger partial charge is 0.322 e. The highest BCUT2D eigenvalue weighted by Crippen LogP contribution is 2.32. The van der Waals surface area contributed by atoms with Crippen molar-refractivity contribution >= 4 is 22.6 Å². The lowest BCUT2D eigenvalue weighted by Gasteiger charge is -2.08. The van der Waals surface area contributed by atoms with Crippen LogP contribution in [0.25, 0.3) is 11.0 Å². The molecule has 7 nitrogen and oxygen atoms in total. The number of halogens is 4. The number of rotatable bonds is 6. The number of nitrogens with one attached hydrogen (secondary N) is 1. The Balaban J connectivity index is 1.96. The van der Waals surface area contributed by atoms with E-state index in [0.717, 1.165) is 4.68 Å². The van der Waals surface area contributed by atoms with Crippen LogP contribution >= 0.6 is 0 Å². The van der Waals surface area contributed by atoms with Crippen molar-refractivity contribution < 1.29 is 22.4 Å². The van der Waals surface area contributed by atoms with Crippen molar-refractivity contribution in [3.8, 4) is 0 Å². The second-order valence-electron chi connectivity index (χ2n) is 6.21. The molecule has 3 rings (SSSR count). The van der Waals surface area contributed by atoms with Gasteiger partial charge in [0.2, 0.25) is 5.91 Å². The molecule has 0 unspecified atom stereocenters. The van der Waals surface area contributed by atoms with Gasteiger partial charge < -0.3 is 5.32 Å². The van der Waals surface area contributed by atoms with E-state index in [2.05, 4.69) is 20.5 Å². The van der Waals surface area contributed by atoms with Gasteiger partial charge in [-0.25, -0.2) is 27.2 Å². The van der Waals surface area contributed by atoms with E-state index in [1.54, 1.807) is 17.8 Å². The Morgan fingerprint density at radius 3 is 2.43 bits per heavy atom. The van der Waals surface area contributed by atoms with Crippen LogP contribution in [0.15, 0.2) is 12.3 Å². The normalized spacial score (nSPS) is 11.8. The first-order valence-corrected chi connectivity index (χ1v) is 8.49. The van der Waals surface area contributed by atoms with Gasteiger partial charge in [0.1, 0.15) is 12.2 Å². The zero-order chi connectivity index (χ0) is 20.6. The number of carbonyl (C=O) groups is 1. The molecule has 1 amide bonds. The minimum Gasteiger partial charge on any atom is -0.322 e. The van der Waals surface area contributed by atoms with Crippen LogP contribution in [0.2, 0.25) is 0 Å². The molecule has 0 saturated carbocycles. The lowest BCUT2D eigenvalue weighted by molar-refractivity contribution is -0.116. The molecule has 28 heavy (non-hydrogen) atoms. The summed E-state index contributed by atoms with van der Waals surface area (Å²) in [5.74, 6) is -0.508. The third-order valence-corrected chi connectivity index (χ3v) is 4.22. The molecule has 0 saturated heterocycles. The average molecular weight is 398 g/mol. The van der Waals surface area contributed by atoms with Crippen molar-refractivity contribution in [1.82, 2.24) is 24.5 Å². The van der Waals surface area contributed by atoms with Crippen molar-refractivity contribution in [3.63, 3.8) is 0 Å². The van der Waals surface area contributed by atoms with E-state index in [1.165, 1.54) is 6.92 Å². The molecule has 0 aliphatic heterocycles. The lowest BCUT2D eigenvalue weighted by atomic mass is 10.1. The standard InChI is InChI=1S/C17H18F4N6O/c1-4-26-6-12(8(2)24-26)22-13(28)7-27-17-14(9(3)25-27)10(15(18)19)5-11(23-17)16(20)21/h5-6,15-16H,4,7H2,1-3H3,(H,22,28). The van der Waals surface area contributed by atoms with Crippen LogP contribution in [0.5, 0.6) is 0 Å². The number of anilines is 1. The van der Waals surface area contributed by atoms with E-state index in [1.807, 2.05) is 6.92 Å². The van der Waals surface area contributed by atoms with Crippen molar-refractivity contribution in [2.75, 3.05) is 5.32 Å². The molecule has 150 valence electrons. The van der Waals surface area contributed by atoms with Gasteiger partial charge in [0, 0.05) is 18.3 Å². The Morgan fingerprint density at radius 1 is 1.14 bits per heavy atom. The van der Waals surface area contributed by atoms with Crippen LogP contribution < -0.4 is 5.32 Å². The predicted molar refractivity (Wildman–Crippen MR) is 93.4 cm³/mol. The molecule has 0 aromatic carbocycles. The van der Waals surface area contributed by atoms with E-state index < -0.39 is 30.0 Å². The molecule has 3 aromatic heterocycles. The summed E-state index contributed by atoms with van der Waals surface area (Å²) >= 11 is 0.